The third-order valence-electron chi connectivity index (χ3n) is 2.30. The first kappa shape index (κ1) is 16.1. The fourth-order valence-corrected chi connectivity index (χ4v) is 3.31. The zero-order valence-electron chi connectivity index (χ0n) is 10.8. The second kappa shape index (κ2) is 5.56. The van der Waals surface area contributed by atoms with Crippen molar-refractivity contribution in [3.63, 3.8) is 0 Å². The normalized spacial score (nSPS) is 12.9. The molecule has 5 nitrogen and oxygen atoms in total. The van der Waals surface area contributed by atoms with Gasteiger partial charge in [0.25, 0.3) is 0 Å². The van der Waals surface area contributed by atoms with Crippen molar-refractivity contribution >= 4 is 19.9 Å². The van der Waals surface area contributed by atoms with Crippen LogP contribution in [-0.2, 0) is 19.9 Å². The second-order valence-electron chi connectivity index (χ2n) is 4.61. The summed E-state index contributed by atoms with van der Waals surface area (Å²) in [4.78, 5) is -0.894. The number of halogens is 1. The Labute approximate surface area is 112 Å². The highest BCUT2D eigenvalue weighted by Crippen LogP contribution is 2.19. The molecule has 0 aliphatic rings. The summed E-state index contributed by atoms with van der Waals surface area (Å²) in [5, 5.41) is 0. The van der Waals surface area contributed by atoms with E-state index in [1.54, 1.807) is 13.8 Å². The zero-order chi connectivity index (χ0) is 14.8. The summed E-state index contributed by atoms with van der Waals surface area (Å²) in [5.74, 6) is -0.931. The van der Waals surface area contributed by atoms with Crippen LogP contribution in [0, 0.1) is 11.7 Å². The minimum atomic E-state index is -4.06. The van der Waals surface area contributed by atoms with Crippen LogP contribution in [0.4, 0.5) is 4.39 Å². The van der Waals surface area contributed by atoms with Crippen LogP contribution in [0.25, 0.3) is 0 Å². The lowest BCUT2D eigenvalue weighted by Crippen LogP contribution is -2.28. The minimum Gasteiger partial charge on any atom is -0.224 e. The monoisotopic (exact) mass is 309 g/mol. The molecule has 19 heavy (non-hydrogen) atoms. The van der Waals surface area contributed by atoms with Crippen LogP contribution in [0.2, 0.25) is 0 Å². The molecule has 108 valence electrons. The standard InChI is InChI=1S/C11H16FNO4S2/c1-8(2)7-13-19(16,17)11-6-9(18(3,14)15)4-5-10(11)12/h4-6,8,13H,7H2,1-3H3. The summed E-state index contributed by atoms with van der Waals surface area (Å²) in [7, 11) is -7.65. The number of hydrogen-bond donors (Lipinski definition) is 1. The number of sulfone groups is 1. The van der Waals surface area contributed by atoms with Crippen LogP contribution < -0.4 is 4.72 Å². The minimum absolute atomic E-state index is 0.0518. The van der Waals surface area contributed by atoms with Crippen molar-refractivity contribution in [2.75, 3.05) is 12.8 Å². The van der Waals surface area contributed by atoms with Crippen molar-refractivity contribution in [2.24, 2.45) is 5.92 Å². The molecule has 0 radical (unpaired) electrons. The van der Waals surface area contributed by atoms with Crippen molar-refractivity contribution in [1.29, 1.82) is 0 Å². The number of nitrogens with one attached hydrogen (secondary N) is 1. The van der Waals surface area contributed by atoms with E-state index >= 15 is 0 Å². The van der Waals surface area contributed by atoms with E-state index in [4.69, 9.17) is 0 Å². The van der Waals surface area contributed by atoms with E-state index in [-0.39, 0.29) is 17.4 Å². The van der Waals surface area contributed by atoms with Crippen LogP contribution in [0.5, 0.6) is 0 Å². The van der Waals surface area contributed by atoms with Crippen molar-refractivity contribution in [3.8, 4) is 0 Å². The molecule has 0 aliphatic heterocycles. The summed E-state index contributed by atoms with van der Waals surface area (Å²) in [5.41, 5.74) is 0. The molecule has 0 saturated carbocycles. The van der Waals surface area contributed by atoms with E-state index in [0.29, 0.717) is 0 Å². The predicted molar refractivity (Wildman–Crippen MR) is 69.5 cm³/mol. The van der Waals surface area contributed by atoms with Gasteiger partial charge in [-0.3, -0.25) is 0 Å². The largest absolute Gasteiger partial charge is 0.243 e. The molecule has 1 aromatic rings. The maximum absolute atomic E-state index is 13.6. The van der Waals surface area contributed by atoms with Gasteiger partial charge in [-0.25, -0.2) is 25.9 Å². The van der Waals surface area contributed by atoms with E-state index in [1.165, 1.54) is 0 Å². The molecule has 0 aromatic heterocycles. The van der Waals surface area contributed by atoms with E-state index < -0.39 is 30.6 Å². The molecule has 0 bridgehead atoms. The number of benzene rings is 1. The summed E-state index contributed by atoms with van der Waals surface area (Å²) >= 11 is 0. The quantitative estimate of drug-likeness (QED) is 0.828. The zero-order valence-corrected chi connectivity index (χ0v) is 12.5. The number of hydrogen-bond acceptors (Lipinski definition) is 4. The predicted octanol–water partition coefficient (Wildman–Crippen LogP) is 1.16. The molecule has 1 N–H and O–H groups in total. The van der Waals surface area contributed by atoms with Crippen molar-refractivity contribution in [2.45, 2.75) is 23.6 Å². The van der Waals surface area contributed by atoms with E-state index in [2.05, 4.69) is 4.72 Å². The molecular weight excluding hydrogens is 293 g/mol. The SMILES string of the molecule is CC(C)CNS(=O)(=O)c1cc(S(C)(=O)=O)ccc1F. The van der Waals surface area contributed by atoms with Gasteiger partial charge in [0.2, 0.25) is 10.0 Å². The highest BCUT2D eigenvalue weighted by molar-refractivity contribution is 7.91. The first-order valence-electron chi connectivity index (χ1n) is 5.53. The van der Waals surface area contributed by atoms with Gasteiger partial charge in [-0.15, -0.1) is 0 Å². The van der Waals surface area contributed by atoms with Crippen LogP contribution in [0.1, 0.15) is 13.8 Å². The van der Waals surface area contributed by atoms with Gasteiger partial charge in [-0.2, -0.15) is 0 Å². The van der Waals surface area contributed by atoms with E-state index in [9.17, 15) is 21.2 Å². The Morgan fingerprint density at radius 3 is 2.26 bits per heavy atom. The lowest BCUT2D eigenvalue weighted by Gasteiger charge is -2.10. The average Bonchev–Trinajstić information content (AvgIpc) is 2.25. The summed E-state index contributed by atoms with van der Waals surface area (Å²) < 4.78 is 62.3. The van der Waals surface area contributed by atoms with Crippen LogP contribution >= 0.6 is 0 Å². The molecule has 1 rings (SSSR count). The fourth-order valence-electron chi connectivity index (χ4n) is 1.27. The first-order valence-corrected chi connectivity index (χ1v) is 8.91. The molecule has 0 unspecified atom stereocenters. The molecule has 0 amide bonds. The Kier molecular flexibility index (Phi) is 4.70. The van der Waals surface area contributed by atoms with Gasteiger partial charge in [0.05, 0.1) is 4.90 Å². The molecule has 0 atom stereocenters. The molecule has 0 aliphatic carbocycles. The summed E-state index contributed by atoms with van der Waals surface area (Å²) in [6.45, 7) is 3.74. The van der Waals surface area contributed by atoms with Gasteiger partial charge in [0.1, 0.15) is 10.7 Å². The summed E-state index contributed by atoms with van der Waals surface area (Å²) in [6, 6.07) is 2.69. The molecule has 0 fully saturated rings. The molecule has 0 heterocycles. The molecule has 1 aromatic carbocycles. The topological polar surface area (TPSA) is 80.3 Å². The Bertz CT molecular complexity index is 666. The Morgan fingerprint density at radius 2 is 1.79 bits per heavy atom. The lowest BCUT2D eigenvalue weighted by atomic mass is 10.2. The highest BCUT2D eigenvalue weighted by Gasteiger charge is 2.21. The third kappa shape index (κ3) is 4.26. The van der Waals surface area contributed by atoms with Gasteiger partial charge < -0.3 is 0 Å². The van der Waals surface area contributed by atoms with Gasteiger partial charge in [-0.1, -0.05) is 13.8 Å². The van der Waals surface area contributed by atoms with Crippen LogP contribution in [0.3, 0.4) is 0 Å². The average molecular weight is 309 g/mol. The molecule has 0 spiro atoms. The Balaban J connectivity index is 3.27. The smallest absolute Gasteiger partial charge is 0.224 e. The van der Waals surface area contributed by atoms with Gasteiger partial charge >= 0.3 is 0 Å². The number of rotatable bonds is 5. The van der Waals surface area contributed by atoms with Gasteiger partial charge in [0.15, 0.2) is 9.84 Å². The fraction of sp³-hybridized carbons (Fsp3) is 0.455. The van der Waals surface area contributed by atoms with E-state index in [0.717, 1.165) is 24.5 Å². The third-order valence-corrected chi connectivity index (χ3v) is 4.85. The molecule has 0 saturated heterocycles. The van der Waals surface area contributed by atoms with Gasteiger partial charge in [0, 0.05) is 12.8 Å². The van der Waals surface area contributed by atoms with Crippen molar-refractivity contribution in [3.05, 3.63) is 24.0 Å². The Morgan fingerprint density at radius 1 is 1.21 bits per heavy atom. The lowest BCUT2D eigenvalue weighted by molar-refractivity contribution is 0.542. The maximum Gasteiger partial charge on any atom is 0.243 e. The first-order chi connectivity index (χ1) is 8.54. The highest BCUT2D eigenvalue weighted by atomic mass is 32.2. The van der Waals surface area contributed by atoms with Crippen molar-refractivity contribution < 1.29 is 21.2 Å². The van der Waals surface area contributed by atoms with Crippen LogP contribution in [-0.4, -0.2) is 29.6 Å². The second-order valence-corrected chi connectivity index (χ2v) is 8.36. The number of sulfonamides is 1. The van der Waals surface area contributed by atoms with E-state index in [1.807, 2.05) is 0 Å². The van der Waals surface area contributed by atoms with Crippen molar-refractivity contribution in [1.82, 2.24) is 4.72 Å². The van der Waals surface area contributed by atoms with Crippen LogP contribution in [0.15, 0.2) is 28.0 Å². The molecular formula is C11H16FNO4S2. The molecule has 8 heteroatoms. The van der Waals surface area contributed by atoms with Gasteiger partial charge in [-0.05, 0) is 24.1 Å². The Hall–Kier alpha value is -0.990. The maximum atomic E-state index is 13.6. The summed E-state index contributed by atoms with van der Waals surface area (Å²) in [6.07, 6.45) is 0.929.